The molecule has 0 aliphatic carbocycles. The van der Waals surface area contributed by atoms with Crippen LogP contribution in [0.2, 0.25) is 0 Å². The summed E-state index contributed by atoms with van der Waals surface area (Å²) in [5.41, 5.74) is 10.2. The normalized spacial score (nSPS) is 11.8. The molecule has 0 fully saturated rings. The van der Waals surface area contributed by atoms with E-state index in [1.165, 1.54) is 6.07 Å². The Balaban J connectivity index is 1.73. The van der Waals surface area contributed by atoms with E-state index in [0.29, 0.717) is 39.1 Å². The van der Waals surface area contributed by atoms with Gasteiger partial charge < -0.3 is 11.1 Å². The fraction of sp³-hybridized carbons (Fsp3) is 0.250. The van der Waals surface area contributed by atoms with Crippen LogP contribution in [0.25, 0.3) is 33.2 Å². The summed E-state index contributed by atoms with van der Waals surface area (Å²) in [5.74, 6) is 0.241. The highest BCUT2D eigenvalue weighted by atomic mass is 19.1. The van der Waals surface area contributed by atoms with E-state index in [1.807, 2.05) is 34.0 Å². The third-order valence-electron chi connectivity index (χ3n) is 5.15. The quantitative estimate of drug-likeness (QED) is 0.406. The maximum absolute atomic E-state index is 14.2. The van der Waals surface area contributed by atoms with Gasteiger partial charge in [-0.2, -0.15) is 25.3 Å². The van der Waals surface area contributed by atoms with E-state index in [2.05, 4.69) is 25.6 Å². The first kappa shape index (κ1) is 19.0. The lowest BCUT2D eigenvalue weighted by molar-refractivity contribution is 0.548. The fourth-order valence-electron chi connectivity index (χ4n) is 3.72. The van der Waals surface area contributed by atoms with E-state index in [9.17, 15) is 4.39 Å². The number of nitrogen functional groups attached to an aromatic ring is 1. The minimum absolute atomic E-state index is 0.0128. The second-order valence-electron chi connectivity index (χ2n) is 7.70. The zero-order valence-electron chi connectivity index (χ0n) is 17.5. The SMILES string of the molecule is Cc1nn(C)cc1Nc1nc(N)c2c(-c3ccc(F)c4[nH]ncc34)nn(C(C)C)c2n1. The smallest absolute Gasteiger partial charge is 0.231 e. The van der Waals surface area contributed by atoms with Gasteiger partial charge in [-0.05, 0) is 32.9 Å². The van der Waals surface area contributed by atoms with Crippen molar-refractivity contribution in [2.75, 3.05) is 11.1 Å². The standard InChI is InChI=1S/C20H21FN10/c1-9(2)31-19-15(17(29-31)11-5-6-13(21)16-12(11)7-23-27-16)18(22)25-20(26-19)24-14-8-30(4)28-10(14)3/h5-9H,1-4H3,(H,23,27)(H3,22,24,25,26). The van der Waals surface area contributed by atoms with Gasteiger partial charge in [-0.3, -0.25) is 9.78 Å². The number of hydrogen-bond acceptors (Lipinski definition) is 7. The van der Waals surface area contributed by atoms with Crippen molar-refractivity contribution in [1.29, 1.82) is 0 Å². The highest BCUT2D eigenvalue weighted by Crippen LogP contribution is 2.36. The number of hydrogen-bond donors (Lipinski definition) is 3. The third-order valence-corrected chi connectivity index (χ3v) is 5.15. The Morgan fingerprint density at radius 1 is 1.19 bits per heavy atom. The lowest BCUT2D eigenvalue weighted by Crippen LogP contribution is -2.06. The van der Waals surface area contributed by atoms with Crippen LogP contribution >= 0.6 is 0 Å². The van der Waals surface area contributed by atoms with Crippen molar-refractivity contribution in [2.24, 2.45) is 7.05 Å². The van der Waals surface area contributed by atoms with Crippen molar-refractivity contribution in [3.8, 4) is 11.3 Å². The van der Waals surface area contributed by atoms with Crippen molar-refractivity contribution in [2.45, 2.75) is 26.8 Å². The van der Waals surface area contributed by atoms with E-state index in [1.54, 1.807) is 21.6 Å². The molecule has 5 aromatic rings. The summed E-state index contributed by atoms with van der Waals surface area (Å²) >= 11 is 0. The number of H-pyrrole nitrogens is 1. The van der Waals surface area contributed by atoms with Crippen LogP contribution in [0, 0.1) is 12.7 Å². The van der Waals surface area contributed by atoms with Crippen LogP contribution in [0.5, 0.6) is 0 Å². The highest BCUT2D eigenvalue weighted by molar-refractivity contribution is 6.05. The van der Waals surface area contributed by atoms with Gasteiger partial charge in [0.25, 0.3) is 0 Å². The second-order valence-corrected chi connectivity index (χ2v) is 7.70. The highest BCUT2D eigenvalue weighted by Gasteiger charge is 2.22. The minimum atomic E-state index is -0.383. The van der Waals surface area contributed by atoms with Crippen LogP contribution in [0.3, 0.4) is 0 Å². The molecule has 10 nitrogen and oxygen atoms in total. The maximum Gasteiger partial charge on any atom is 0.231 e. The number of fused-ring (bicyclic) bond motifs is 2. The number of nitrogens with one attached hydrogen (secondary N) is 2. The van der Waals surface area contributed by atoms with Crippen LogP contribution < -0.4 is 11.1 Å². The van der Waals surface area contributed by atoms with E-state index < -0.39 is 0 Å². The maximum atomic E-state index is 14.2. The van der Waals surface area contributed by atoms with Gasteiger partial charge >= 0.3 is 0 Å². The molecule has 0 amide bonds. The average molecular weight is 420 g/mol. The molecule has 0 radical (unpaired) electrons. The van der Waals surface area contributed by atoms with Gasteiger partial charge in [0.15, 0.2) is 5.65 Å². The van der Waals surface area contributed by atoms with Crippen LogP contribution in [0.4, 0.5) is 21.8 Å². The molecule has 0 aliphatic heterocycles. The number of aryl methyl sites for hydroxylation is 2. The fourth-order valence-corrected chi connectivity index (χ4v) is 3.72. The Morgan fingerprint density at radius 2 is 2.00 bits per heavy atom. The Bertz CT molecular complexity index is 1440. The Labute approximate surface area is 176 Å². The molecule has 4 N–H and O–H groups in total. The van der Waals surface area contributed by atoms with Crippen molar-refractivity contribution in [3.63, 3.8) is 0 Å². The summed E-state index contributed by atoms with van der Waals surface area (Å²) in [4.78, 5) is 9.16. The van der Waals surface area contributed by atoms with Gasteiger partial charge in [0.1, 0.15) is 22.8 Å². The largest absolute Gasteiger partial charge is 0.383 e. The molecule has 0 saturated heterocycles. The molecule has 0 saturated carbocycles. The first-order chi connectivity index (χ1) is 14.8. The number of halogens is 1. The zero-order valence-corrected chi connectivity index (χ0v) is 17.5. The van der Waals surface area contributed by atoms with Crippen LogP contribution in [-0.2, 0) is 7.05 Å². The van der Waals surface area contributed by atoms with Crippen molar-refractivity contribution >= 4 is 39.4 Å². The van der Waals surface area contributed by atoms with Crippen molar-refractivity contribution < 1.29 is 4.39 Å². The van der Waals surface area contributed by atoms with Gasteiger partial charge in [-0.15, -0.1) is 0 Å². The molecule has 0 unspecified atom stereocenters. The summed E-state index contributed by atoms with van der Waals surface area (Å²) in [6.07, 6.45) is 3.42. The Morgan fingerprint density at radius 3 is 2.71 bits per heavy atom. The lowest BCUT2D eigenvalue weighted by atomic mass is 10.0. The number of nitrogens with two attached hydrogens (primary N) is 1. The summed E-state index contributed by atoms with van der Waals surface area (Å²) in [6.45, 7) is 5.90. The van der Waals surface area contributed by atoms with Gasteiger partial charge in [0.2, 0.25) is 5.95 Å². The number of aromatic nitrogens is 8. The predicted octanol–water partition coefficient (Wildman–Crippen LogP) is 3.46. The van der Waals surface area contributed by atoms with Crippen LogP contribution in [-0.4, -0.2) is 39.7 Å². The van der Waals surface area contributed by atoms with E-state index >= 15 is 0 Å². The van der Waals surface area contributed by atoms with Crippen molar-refractivity contribution in [1.82, 2.24) is 39.7 Å². The molecule has 31 heavy (non-hydrogen) atoms. The molecular formula is C20H21FN10. The number of anilines is 3. The molecule has 11 heteroatoms. The molecule has 0 aliphatic rings. The lowest BCUT2D eigenvalue weighted by Gasteiger charge is -2.08. The minimum Gasteiger partial charge on any atom is -0.383 e. The first-order valence-corrected chi connectivity index (χ1v) is 9.78. The van der Waals surface area contributed by atoms with Gasteiger partial charge in [0.05, 0.1) is 23.0 Å². The van der Waals surface area contributed by atoms with Crippen molar-refractivity contribution in [3.05, 3.63) is 36.0 Å². The van der Waals surface area contributed by atoms with E-state index in [-0.39, 0.29) is 17.7 Å². The van der Waals surface area contributed by atoms with Crippen LogP contribution in [0.1, 0.15) is 25.6 Å². The topological polar surface area (TPSA) is 128 Å². The molecular weight excluding hydrogens is 399 g/mol. The summed E-state index contributed by atoms with van der Waals surface area (Å²) in [6, 6.07) is 3.07. The average Bonchev–Trinajstić information content (AvgIpc) is 3.40. The number of benzene rings is 1. The van der Waals surface area contributed by atoms with Gasteiger partial charge in [-0.25, -0.2) is 9.07 Å². The van der Waals surface area contributed by atoms with E-state index in [4.69, 9.17) is 15.8 Å². The number of rotatable bonds is 4. The molecule has 5 rings (SSSR count). The summed E-state index contributed by atoms with van der Waals surface area (Å²) in [5, 5.41) is 20.2. The zero-order chi connectivity index (χ0) is 21.9. The van der Waals surface area contributed by atoms with Crippen LogP contribution in [0.15, 0.2) is 24.5 Å². The number of nitrogens with zero attached hydrogens (tertiary/aromatic N) is 7. The first-order valence-electron chi connectivity index (χ1n) is 9.78. The predicted molar refractivity (Wildman–Crippen MR) is 116 cm³/mol. The molecule has 4 aromatic heterocycles. The van der Waals surface area contributed by atoms with Gasteiger partial charge in [0, 0.05) is 30.2 Å². The molecule has 0 spiro atoms. The molecule has 0 atom stereocenters. The van der Waals surface area contributed by atoms with E-state index in [0.717, 1.165) is 11.4 Å². The summed E-state index contributed by atoms with van der Waals surface area (Å²) < 4.78 is 17.7. The third kappa shape index (κ3) is 2.97. The monoisotopic (exact) mass is 420 g/mol. The van der Waals surface area contributed by atoms with Gasteiger partial charge in [-0.1, -0.05) is 0 Å². The summed E-state index contributed by atoms with van der Waals surface area (Å²) in [7, 11) is 1.84. The number of aromatic amines is 1. The molecule has 158 valence electrons. The molecule has 4 heterocycles. The Hall–Kier alpha value is -4.02. The molecule has 1 aromatic carbocycles. The molecule has 0 bridgehead atoms. The Kier molecular flexibility index (Phi) is 4.14. The second kappa shape index (κ2) is 6.76.